The SMILES string of the molecule is OCCc1nnc(COc2ccc3c(c2)CCCC3)o1. The average molecular weight is 274 g/mol. The highest BCUT2D eigenvalue weighted by Crippen LogP contribution is 2.25. The van der Waals surface area contributed by atoms with Crippen molar-refractivity contribution in [3.8, 4) is 5.75 Å². The van der Waals surface area contributed by atoms with Crippen LogP contribution in [0.1, 0.15) is 35.7 Å². The van der Waals surface area contributed by atoms with E-state index in [0.717, 1.165) is 12.2 Å². The number of hydrogen-bond acceptors (Lipinski definition) is 5. The summed E-state index contributed by atoms with van der Waals surface area (Å²) in [5.41, 5.74) is 2.83. The number of aryl methyl sites for hydroxylation is 2. The monoisotopic (exact) mass is 274 g/mol. The standard InChI is InChI=1S/C15H18N2O3/c18-8-7-14-16-17-15(20-14)10-19-13-6-5-11-3-1-2-4-12(11)9-13/h5-6,9,18H,1-4,7-8,10H2. The smallest absolute Gasteiger partial charge is 0.253 e. The number of aliphatic hydroxyl groups is 1. The first kappa shape index (κ1) is 13.1. The Hall–Kier alpha value is -1.88. The lowest BCUT2D eigenvalue weighted by Gasteiger charge is -2.16. The number of nitrogens with zero attached hydrogens (tertiary/aromatic N) is 2. The summed E-state index contributed by atoms with van der Waals surface area (Å²) in [5.74, 6) is 1.72. The number of fused-ring (bicyclic) bond motifs is 1. The van der Waals surface area contributed by atoms with Crippen LogP contribution in [0.15, 0.2) is 22.6 Å². The third kappa shape index (κ3) is 2.99. The summed E-state index contributed by atoms with van der Waals surface area (Å²) in [6.07, 6.45) is 5.22. The molecule has 5 nitrogen and oxygen atoms in total. The highest BCUT2D eigenvalue weighted by atomic mass is 16.5. The van der Waals surface area contributed by atoms with E-state index in [2.05, 4.69) is 22.3 Å². The first-order valence-corrected chi connectivity index (χ1v) is 7.02. The van der Waals surface area contributed by atoms with Crippen molar-refractivity contribution >= 4 is 0 Å². The van der Waals surface area contributed by atoms with Crippen molar-refractivity contribution in [1.29, 1.82) is 0 Å². The van der Waals surface area contributed by atoms with Gasteiger partial charge in [-0.1, -0.05) is 6.07 Å². The maximum absolute atomic E-state index is 8.79. The summed E-state index contributed by atoms with van der Waals surface area (Å²) in [6.45, 7) is 0.268. The molecule has 0 atom stereocenters. The third-order valence-corrected chi connectivity index (χ3v) is 3.52. The van der Waals surface area contributed by atoms with Gasteiger partial charge in [0.25, 0.3) is 5.89 Å². The van der Waals surface area contributed by atoms with Crippen LogP contribution in [-0.4, -0.2) is 21.9 Å². The molecule has 3 rings (SSSR count). The van der Waals surface area contributed by atoms with Crippen molar-refractivity contribution in [1.82, 2.24) is 10.2 Å². The van der Waals surface area contributed by atoms with E-state index in [1.165, 1.54) is 30.4 Å². The Balaban J connectivity index is 1.62. The molecular formula is C15H18N2O3. The molecule has 5 heteroatoms. The minimum atomic E-state index is 0.00725. The molecule has 0 spiro atoms. The van der Waals surface area contributed by atoms with E-state index in [-0.39, 0.29) is 13.2 Å². The van der Waals surface area contributed by atoms with Gasteiger partial charge in [0.1, 0.15) is 5.75 Å². The molecule has 1 heterocycles. The molecule has 20 heavy (non-hydrogen) atoms. The van der Waals surface area contributed by atoms with E-state index in [1.807, 2.05) is 6.07 Å². The van der Waals surface area contributed by atoms with Crippen molar-refractivity contribution in [2.45, 2.75) is 38.7 Å². The molecule has 106 valence electrons. The molecule has 0 saturated heterocycles. The van der Waals surface area contributed by atoms with E-state index in [9.17, 15) is 0 Å². The number of rotatable bonds is 5. The van der Waals surface area contributed by atoms with Crippen molar-refractivity contribution < 1.29 is 14.3 Å². The van der Waals surface area contributed by atoms with Crippen molar-refractivity contribution in [2.75, 3.05) is 6.61 Å². The lowest BCUT2D eigenvalue weighted by atomic mass is 9.92. The minimum absolute atomic E-state index is 0.00725. The normalized spacial score (nSPS) is 14.1. The van der Waals surface area contributed by atoms with Crippen molar-refractivity contribution in [3.05, 3.63) is 41.1 Å². The highest BCUT2D eigenvalue weighted by Gasteiger charge is 2.11. The third-order valence-electron chi connectivity index (χ3n) is 3.52. The lowest BCUT2D eigenvalue weighted by Crippen LogP contribution is -2.03. The predicted octanol–water partition coefficient (Wildman–Crippen LogP) is 2.06. The van der Waals surface area contributed by atoms with Gasteiger partial charge in [0, 0.05) is 6.42 Å². The van der Waals surface area contributed by atoms with E-state index in [0.29, 0.717) is 18.2 Å². The number of ether oxygens (including phenoxy) is 1. The fourth-order valence-corrected chi connectivity index (χ4v) is 2.49. The molecule has 0 unspecified atom stereocenters. The fourth-order valence-electron chi connectivity index (χ4n) is 2.49. The second kappa shape index (κ2) is 6.05. The molecule has 0 radical (unpaired) electrons. The molecular weight excluding hydrogens is 256 g/mol. The molecule has 1 aliphatic carbocycles. The Morgan fingerprint density at radius 3 is 2.75 bits per heavy atom. The number of hydrogen-bond donors (Lipinski definition) is 1. The molecule has 2 aromatic rings. The predicted molar refractivity (Wildman–Crippen MR) is 72.5 cm³/mol. The largest absolute Gasteiger partial charge is 0.484 e. The van der Waals surface area contributed by atoms with E-state index >= 15 is 0 Å². The van der Waals surface area contributed by atoms with Crippen LogP contribution in [0.4, 0.5) is 0 Å². The zero-order valence-corrected chi connectivity index (χ0v) is 11.3. The fraction of sp³-hybridized carbons (Fsp3) is 0.467. The zero-order chi connectivity index (χ0) is 13.8. The van der Waals surface area contributed by atoms with E-state index in [1.54, 1.807) is 0 Å². The molecule has 0 bridgehead atoms. The van der Waals surface area contributed by atoms with Crippen LogP contribution in [0.2, 0.25) is 0 Å². The first-order valence-electron chi connectivity index (χ1n) is 7.02. The van der Waals surface area contributed by atoms with Gasteiger partial charge in [-0.3, -0.25) is 0 Å². The van der Waals surface area contributed by atoms with Crippen LogP contribution in [0.3, 0.4) is 0 Å². The van der Waals surface area contributed by atoms with Gasteiger partial charge in [-0.2, -0.15) is 0 Å². The van der Waals surface area contributed by atoms with Crippen LogP contribution in [0.25, 0.3) is 0 Å². The lowest BCUT2D eigenvalue weighted by molar-refractivity contribution is 0.249. The molecule has 0 saturated carbocycles. The highest BCUT2D eigenvalue weighted by molar-refractivity contribution is 5.37. The van der Waals surface area contributed by atoms with Crippen LogP contribution >= 0.6 is 0 Å². The second-order valence-electron chi connectivity index (χ2n) is 4.99. The summed E-state index contributed by atoms with van der Waals surface area (Å²) in [7, 11) is 0. The topological polar surface area (TPSA) is 68.4 Å². The summed E-state index contributed by atoms with van der Waals surface area (Å²) in [4.78, 5) is 0. The first-order chi connectivity index (χ1) is 9.85. The van der Waals surface area contributed by atoms with Crippen LogP contribution in [-0.2, 0) is 25.9 Å². The molecule has 0 fully saturated rings. The maximum Gasteiger partial charge on any atom is 0.253 e. The Bertz CT molecular complexity index is 580. The molecule has 1 aliphatic rings. The molecule has 0 amide bonds. The Morgan fingerprint density at radius 1 is 1.10 bits per heavy atom. The van der Waals surface area contributed by atoms with Gasteiger partial charge in [-0.05, 0) is 48.9 Å². The number of benzene rings is 1. The van der Waals surface area contributed by atoms with Crippen LogP contribution < -0.4 is 4.74 Å². The second-order valence-corrected chi connectivity index (χ2v) is 4.99. The number of aliphatic hydroxyl groups excluding tert-OH is 1. The molecule has 1 N–H and O–H groups in total. The maximum atomic E-state index is 8.79. The van der Waals surface area contributed by atoms with Crippen molar-refractivity contribution in [3.63, 3.8) is 0 Å². The van der Waals surface area contributed by atoms with Crippen LogP contribution in [0.5, 0.6) is 5.75 Å². The summed E-state index contributed by atoms with van der Waals surface area (Å²) in [5, 5.41) is 16.5. The quantitative estimate of drug-likeness (QED) is 0.904. The summed E-state index contributed by atoms with van der Waals surface area (Å²) < 4.78 is 11.0. The zero-order valence-electron chi connectivity index (χ0n) is 11.3. The van der Waals surface area contributed by atoms with Crippen LogP contribution in [0, 0.1) is 0 Å². The number of aromatic nitrogens is 2. The summed E-state index contributed by atoms with van der Waals surface area (Å²) >= 11 is 0. The van der Waals surface area contributed by atoms with Gasteiger partial charge in [0.2, 0.25) is 5.89 Å². The average Bonchev–Trinajstić information content (AvgIpc) is 2.93. The van der Waals surface area contributed by atoms with E-state index in [4.69, 9.17) is 14.3 Å². The Morgan fingerprint density at radius 2 is 1.90 bits per heavy atom. The molecule has 1 aromatic heterocycles. The minimum Gasteiger partial charge on any atom is -0.484 e. The Labute approximate surface area is 117 Å². The van der Waals surface area contributed by atoms with Gasteiger partial charge in [0.15, 0.2) is 6.61 Å². The molecule has 1 aromatic carbocycles. The molecule has 0 aliphatic heterocycles. The summed E-state index contributed by atoms with van der Waals surface area (Å²) in [6, 6.07) is 6.25. The van der Waals surface area contributed by atoms with Gasteiger partial charge in [-0.25, -0.2) is 0 Å². The van der Waals surface area contributed by atoms with Gasteiger partial charge in [-0.15, -0.1) is 10.2 Å². The van der Waals surface area contributed by atoms with Gasteiger partial charge in [0.05, 0.1) is 6.61 Å². The van der Waals surface area contributed by atoms with Gasteiger partial charge < -0.3 is 14.3 Å². The van der Waals surface area contributed by atoms with Gasteiger partial charge >= 0.3 is 0 Å². The Kier molecular flexibility index (Phi) is 3.97. The van der Waals surface area contributed by atoms with Crippen molar-refractivity contribution in [2.24, 2.45) is 0 Å². The van der Waals surface area contributed by atoms with E-state index < -0.39 is 0 Å².